The number of amides is 1. The van der Waals surface area contributed by atoms with E-state index in [1.54, 1.807) is 13.3 Å². The third kappa shape index (κ3) is 3.00. The number of hydrogen-bond acceptors (Lipinski definition) is 3. The number of likely N-dealkylation sites (tertiary alicyclic amines) is 1. The molecule has 2 aromatic rings. The molecule has 4 rings (SSSR count). The van der Waals surface area contributed by atoms with Gasteiger partial charge in [-0.3, -0.25) is 9.89 Å². The standard InChI is InChI=1S/C21H27N3O2/c1-26-18-8-6-17(7-9-18)21(11-2-3-12-21)20(25)24-14-4-5-16(15-24)19-10-13-22-23-19/h6-10,13,16H,2-5,11-12,14-15H2,1H3,(H,22,23)/t16-/m0/s1. The van der Waals surface area contributed by atoms with Crippen molar-refractivity contribution in [3.05, 3.63) is 47.8 Å². The van der Waals surface area contributed by atoms with Crippen molar-refractivity contribution in [3.8, 4) is 5.75 Å². The number of H-pyrrole nitrogens is 1. The predicted molar refractivity (Wildman–Crippen MR) is 100 cm³/mol. The highest BCUT2D eigenvalue weighted by Crippen LogP contribution is 2.44. The SMILES string of the molecule is COc1ccc(C2(C(=O)N3CCC[C@H](c4ccn[nH]4)C3)CCCC2)cc1. The van der Waals surface area contributed by atoms with Crippen LogP contribution >= 0.6 is 0 Å². The van der Waals surface area contributed by atoms with E-state index in [-0.39, 0.29) is 5.41 Å². The number of aromatic nitrogens is 2. The van der Waals surface area contributed by atoms with Gasteiger partial charge in [0.2, 0.25) is 5.91 Å². The van der Waals surface area contributed by atoms with Crippen LogP contribution < -0.4 is 4.74 Å². The first kappa shape index (κ1) is 17.1. The second kappa shape index (κ2) is 7.14. The number of rotatable bonds is 4. The van der Waals surface area contributed by atoms with Crippen LogP contribution in [0.4, 0.5) is 0 Å². The van der Waals surface area contributed by atoms with E-state index in [4.69, 9.17) is 4.74 Å². The molecule has 1 saturated carbocycles. The lowest BCUT2D eigenvalue weighted by atomic mass is 9.77. The second-order valence-corrected chi connectivity index (χ2v) is 7.62. The van der Waals surface area contributed by atoms with Crippen molar-refractivity contribution in [2.24, 2.45) is 0 Å². The minimum absolute atomic E-state index is 0.310. The van der Waals surface area contributed by atoms with Gasteiger partial charge in [0.05, 0.1) is 12.5 Å². The van der Waals surface area contributed by atoms with Crippen molar-refractivity contribution in [1.29, 1.82) is 0 Å². The summed E-state index contributed by atoms with van der Waals surface area (Å²) in [5.74, 6) is 1.51. The summed E-state index contributed by atoms with van der Waals surface area (Å²) >= 11 is 0. The minimum Gasteiger partial charge on any atom is -0.497 e. The zero-order valence-electron chi connectivity index (χ0n) is 15.4. The van der Waals surface area contributed by atoms with Crippen LogP contribution in [0.5, 0.6) is 5.75 Å². The van der Waals surface area contributed by atoms with Gasteiger partial charge in [0.25, 0.3) is 0 Å². The van der Waals surface area contributed by atoms with E-state index >= 15 is 0 Å². The first-order chi connectivity index (χ1) is 12.7. The molecule has 26 heavy (non-hydrogen) atoms. The predicted octanol–water partition coefficient (Wildman–Crippen LogP) is 3.64. The van der Waals surface area contributed by atoms with Gasteiger partial charge < -0.3 is 9.64 Å². The van der Waals surface area contributed by atoms with E-state index in [1.165, 1.54) is 0 Å². The van der Waals surface area contributed by atoms with Crippen molar-refractivity contribution in [1.82, 2.24) is 15.1 Å². The van der Waals surface area contributed by atoms with E-state index < -0.39 is 0 Å². The Labute approximate surface area is 154 Å². The molecule has 1 saturated heterocycles. The smallest absolute Gasteiger partial charge is 0.233 e. The third-order valence-corrected chi connectivity index (χ3v) is 6.18. The molecule has 1 N–H and O–H groups in total. The summed E-state index contributed by atoms with van der Waals surface area (Å²) in [5.41, 5.74) is 1.93. The lowest BCUT2D eigenvalue weighted by Gasteiger charge is -2.39. The van der Waals surface area contributed by atoms with E-state index in [1.807, 2.05) is 18.2 Å². The number of ether oxygens (including phenoxy) is 1. The van der Waals surface area contributed by atoms with Gasteiger partial charge in [-0.2, -0.15) is 5.10 Å². The highest BCUT2D eigenvalue weighted by atomic mass is 16.5. The first-order valence-electron chi connectivity index (χ1n) is 9.66. The Morgan fingerprint density at radius 3 is 2.62 bits per heavy atom. The fourth-order valence-electron chi connectivity index (χ4n) is 4.73. The van der Waals surface area contributed by atoms with Gasteiger partial charge in [0.15, 0.2) is 0 Å². The molecule has 0 unspecified atom stereocenters. The van der Waals surface area contributed by atoms with Crippen LogP contribution in [0.1, 0.15) is 55.7 Å². The number of methoxy groups -OCH3 is 1. The number of hydrogen-bond donors (Lipinski definition) is 1. The number of carbonyl (C=O) groups excluding carboxylic acids is 1. The topological polar surface area (TPSA) is 58.2 Å². The summed E-state index contributed by atoms with van der Waals surface area (Å²) in [6.07, 6.45) is 8.10. The fourth-order valence-corrected chi connectivity index (χ4v) is 4.73. The molecule has 5 nitrogen and oxygen atoms in total. The Bertz CT molecular complexity index is 733. The van der Waals surface area contributed by atoms with Gasteiger partial charge in [-0.25, -0.2) is 0 Å². The average molecular weight is 353 g/mol. The van der Waals surface area contributed by atoms with E-state index in [2.05, 4.69) is 27.2 Å². The molecule has 1 aromatic heterocycles. The van der Waals surface area contributed by atoms with E-state index in [0.29, 0.717) is 11.8 Å². The Kier molecular flexibility index (Phi) is 4.70. The summed E-state index contributed by atoms with van der Waals surface area (Å²) < 4.78 is 5.29. The zero-order chi connectivity index (χ0) is 18.0. The van der Waals surface area contributed by atoms with Gasteiger partial charge in [-0.1, -0.05) is 25.0 Å². The molecule has 138 valence electrons. The third-order valence-electron chi connectivity index (χ3n) is 6.18. The number of aromatic amines is 1. The van der Waals surface area contributed by atoms with Crippen molar-refractivity contribution in [3.63, 3.8) is 0 Å². The minimum atomic E-state index is -0.359. The molecule has 1 aromatic carbocycles. The Morgan fingerprint density at radius 2 is 1.96 bits per heavy atom. The van der Waals surface area contributed by atoms with Crippen LogP contribution in [0.25, 0.3) is 0 Å². The summed E-state index contributed by atoms with van der Waals surface area (Å²) in [7, 11) is 1.68. The molecule has 5 heteroatoms. The molecule has 1 aliphatic heterocycles. The molecular formula is C21H27N3O2. The number of nitrogens with one attached hydrogen (secondary N) is 1. The maximum Gasteiger partial charge on any atom is 0.233 e. The molecule has 0 spiro atoms. The first-order valence-corrected chi connectivity index (χ1v) is 9.66. The number of piperidine rings is 1. The van der Waals surface area contributed by atoms with E-state index in [0.717, 1.165) is 68.6 Å². The van der Waals surface area contributed by atoms with Gasteiger partial charge in [-0.15, -0.1) is 0 Å². The van der Waals surface area contributed by atoms with Crippen LogP contribution in [0.3, 0.4) is 0 Å². The van der Waals surface area contributed by atoms with Crippen LogP contribution in [-0.2, 0) is 10.2 Å². The van der Waals surface area contributed by atoms with Crippen LogP contribution in [0.2, 0.25) is 0 Å². The van der Waals surface area contributed by atoms with Gasteiger partial charge >= 0.3 is 0 Å². The molecule has 0 radical (unpaired) electrons. The van der Waals surface area contributed by atoms with Gasteiger partial charge in [0.1, 0.15) is 5.75 Å². The Balaban J connectivity index is 1.58. The van der Waals surface area contributed by atoms with Crippen molar-refractivity contribution in [2.45, 2.75) is 49.9 Å². The molecule has 2 heterocycles. The quantitative estimate of drug-likeness (QED) is 0.913. The Morgan fingerprint density at radius 1 is 1.19 bits per heavy atom. The zero-order valence-corrected chi connectivity index (χ0v) is 15.4. The second-order valence-electron chi connectivity index (χ2n) is 7.62. The highest BCUT2D eigenvalue weighted by Gasteiger charge is 2.45. The lowest BCUT2D eigenvalue weighted by Crippen LogP contribution is -2.49. The van der Waals surface area contributed by atoms with Crippen molar-refractivity contribution < 1.29 is 9.53 Å². The molecule has 1 aliphatic carbocycles. The molecule has 0 bridgehead atoms. The molecule has 2 fully saturated rings. The highest BCUT2D eigenvalue weighted by molar-refractivity contribution is 5.89. The monoisotopic (exact) mass is 353 g/mol. The summed E-state index contributed by atoms with van der Waals surface area (Å²) in [4.78, 5) is 15.8. The largest absolute Gasteiger partial charge is 0.497 e. The molecule has 2 aliphatic rings. The number of benzene rings is 1. The normalized spacial score (nSPS) is 22.3. The number of nitrogens with zero attached hydrogens (tertiary/aromatic N) is 2. The van der Waals surface area contributed by atoms with Crippen molar-refractivity contribution in [2.75, 3.05) is 20.2 Å². The van der Waals surface area contributed by atoms with Crippen molar-refractivity contribution >= 4 is 5.91 Å². The Hall–Kier alpha value is -2.30. The average Bonchev–Trinajstić information content (AvgIpc) is 3.40. The van der Waals surface area contributed by atoms with Crippen LogP contribution in [-0.4, -0.2) is 41.2 Å². The molecular weight excluding hydrogens is 326 g/mol. The van der Waals surface area contributed by atoms with Gasteiger partial charge in [0, 0.05) is 30.9 Å². The fraction of sp³-hybridized carbons (Fsp3) is 0.524. The lowest BCUT2D eigenvalue weighted by molar-refractivity contribution is -0.138. The summed E-state index contributed by atoms with van der Waals surface area (Å²) in [5, 5.41) is 7.17. The summed E-state index contributed by atoms with van der Waals surface area (Å²) in [6.45, 7) is 1.65. The molecule has 1 atom stereocenters. The number of carbonyl (C=O) groups is 1. The van der Waals surface area contributed by atoms with Gasteiger partial charge in [-0.05, 0) is 49.4 Å². The van der Waals surface area contributed by atoms with Crippen LogP contribution in [0.15, 0.2) is 36.5 Å². The maximum absolute atomic E-state index is 13.7. The van der Waals surface area contributed by atoms with Crippen LogP contribution in [0, 0.1) is 0 Å². The maximum atomic E-state index is 13.7. The summed E-state index contributed by atoms with van der Waals surface area (Å²) in [6, 6.07) is 10.2. The van der Waals surface area contributed by atoms with E-state index in [9.17, 15) is 4.79 Å². The molecule has 1 amide bonds.